The molecule has 0 bridgehead atoms. The summed E-state index contributed by atoms with van der Waals surface area (Å²) in [6, 6.07) is 11.2. The Balaban J connectivity index is 1.74. The van der Waals surface area contributed by atoms with Crippen LogP contribution in [0.2, 0.25) is 0 Å². The van der Waals surface area contributed by atoms with Crippen LogP contribution in [0.1, 0.15) is 17.4 Å². The second-order valence-corrected chi connectivity index (χ2v) is 5.44. The maximum atomic E-state index is 11.6. The SMILES string of the molecule is COc1ccc(/C=N\NC(=O)CO/N=C(/C)c2cccs2)cc1. The molecule has 6 nitrogen and oxygen atoms in total. The van der Waals surface area contributed by atoms with Crippen LogP contribution in [0.5, 0.6) is 5.75 Å². The first-order valence-electron chi connectivity index (χ1n) is 6.85. The fourth-order valence-corrected chi connectivity index (χ4v) is 2.29. The molecule has 0 unspecified atom stereocenters. The number of benzene rings is 1. The van der Waals surface area contributed by atoms with Crippen molar-refractivity contribution in [3.05, 3.63) is 52.2 Å². The summed E-state index contributed by atoms with van der Waals surface area (Å²) < 4.78 is 5.06. The van der Waals surface area contributed by atoms with Crippen LogP contribution in [-0.4, -0.2) is 31.6 Å². The topological polar surface area (TPSA) is 72.3 Å². The van der Waals surface area contributed by atoms with E-state index in [1.54, 1.807) is 18.4 Å². The van der Waals surface area contributed by atoms with Gasteiger partial charge in [-0.05, 0) is 48.2 Å². The highest BCUT2D eigenvalue weighted by atomic mass is 32.1. The molecule has 1 aromatic heterocycles. The van der Waals surface area contributed by atoms with E-state index in [0.717, 1.165) is 21.9 Å². The van der Waals surface area contributed by atoms with Crippen LogP contribution in [0.15, 0.2) is 52.0 Å². The number of hydrogen-bond donors (Lipinski definition) is 1. The Morgan fingerprint density at radius 1 is 1.30 bits per heavy atom. The van der Waals surface area contributed by atoms with Crippen LogP contribution in [0.25, 0.3) is 0 Å². The normalized spacial score (nSPS) is 11.5. The third-order valence-corrected chi connectivity index (χ3v) is 3.77. The van der Waals surface area contributed by atoms with Crippen LogP contribution in [-0.2, 0) is 9.63 Å². The van der Waals surface area contributed by atoms with E-state index in [1.807, 2.05) is 48.7 Å². The first-order valence-corrected chi connectivity index (χ1v) is 7.73. The first kappa shape index (κ1) is 16.7. The van der Waals surface area contributed by atoms with Gasteiger partial charge >= 0.3 is 0 Å². The maximum Gasteiger partial charge on any atom is 0.280 e. The van der Waals surface area contributed by atoms with Gasteiger partial charge in [-0.3, -0.25) is 4.79 Å². The predicted octanol–water partition coefficient (Wildman–Crippen LogP) is 2.65. The quantitative estimate of drug-likeness (QED) is 0.626. The molecular formula is C16H17N3O3S. The summed E-state index contributed by atoms with van der Waals surface area (Å²) in [5, 5.41) is 9.70. The highest BCUT2D eigenvalue weighted by Gasteiger charge is 2.01. The highest BCUT2D eigenvalue weighted by molar-refractivity contribution is 7.12. The molecule has 1 aromatic carbocycles. The van der Waals surface area contributed by atoms with E-state index in [9.17, 15) is 4.79 Å². The van der Waals surface area contributed by atoms with Gasteiger partial charge in [-0.25, -0.2) is 5.43 Å². The van der Waals surface area contributed by atoms with Crippen molar-refractivity contribution >= 4 is 29.2 Å². The van der Waals surface area contributed by atoms with Crippen LogP contribution >= 0.6 is 11.3 Å². The van der Waals surface area contributed by atoms with Crippen molar-refractivity contribution in [2.24, 2.45) is 10.3 Å². The van der Waals surface area contributed by atoms with E-state index in [1.165, 1.54) is 6.21 Å². The van der Waals surface area contributed by atoms with Gasteiger partial charge in [0.1, 0.15) is 5.75 Å². The van der Waals surface area contributed by atoms with Crippen molar-refractivity contribution in [2.75, 3.05) is 13.7 Å². The molecule has 0 atom stereocenters. The lowest BCUT2D eigenvalue weighted by Gasteiger charge is -2.01. The molecule has 0 aliphatic carbocycles. The summed E-state index contributed by atoms with van der Waals surface area (Å²) in [6.07, 6.45) is 1.54. The van der Waals surface area contributed by atoms with Crippen molar-refractivity contribution in [1.29, 1.82) is 0 Å². The third-order valence-electron chi connectivity index (χ3n) is 2.79. The molecule has 1 heterocycles. The maximum absolute atomic E-state index is 11.6. The van der Waals surface area contributed by atoms with E-state index in [4.69, 9.17) is 9.57 Å². The van der Waals surface area contributed by atoms with E-state index in [2.05, 4.69) is 15.7 Å². The highest BCUT2D eigenvalue weighted by Crippen LogP contribution is 2.10. The van der Waals surface area contributed by atoms with Gasteiger partial charge in [0.05, 0.1) is 23.9 Å². The Morgan fingerprint density at radius 3 is 2.74 bits per heavy atom. The van der Waals surface area contributed by atoms with Gasteiger partial charge < -0.3 is 9.57 Å². The summed E-state index contributed by atoms with van der Waals surface area (Å²) in [7, 11) is 1.60. The molecule has 2 rings (SSSR count). The predicted molar refractivity (Wildman–Crippen MR) is 91.2 cm³/mol. The van der Waals surface area contributed by atoms with Crippen molar-refractivity contribution in [3.8, 4) is 5.75 Å². The second-order valence-electron chi connectivity index (χ2n) is 4.49. The number of oxime groups is 1. The summed E-state index contributed by atoms with van der Waals surface area (Å²) in [4.78, 5) is 17.6. The zero-order chi connectivity index (χ0) is 16.5. The monoisotopic (exact) mass is 331 g/mol. The number of amides is 1. The van der Waals surface area contributed by atoms with E-state index < -0.39 is 0 Å². The molecule has 0 saturated carbocycles. The number of hydrogen-bond acceptors (Lipinski definition) is 6. The lowest BCUT2D eigenvalue weighted by Crippen LogP contribution is -2.22. The number of nitrogens with one attached hydrogen (secondary N) is 1. The second kappa shape index (κ2) is 8.70. The lowest BCUT2D eigenvalue weighted by molar-refractivity contribution is -0.125. The minimum atomic E-state index is -0.377. The summed E-state index contributed by atoms with van der Waals surface area (Å²) in [5.41, 5.74) is 3.95. The molecule has 1 amide bonds. The smallest absolute Gasteiger partial charge is 0.280 e. The standard InChI is InChI=1S/C16H17N3O3S/c1-12(15-4-3-9-23-15)19-22-11-16(20)18-17-10-13-5-7-14(21-2)8-6-13/h3-10H,11H2,1-2H3,(H,18,20)/b17-10-,19-12-. The summed E-state index contributed by atoms with van der Waals surface area (Å²) in [5.74, 6) is 0.385. The van der Waals surface area contributed by atoms with Crippen molar-refractivity contribution in [1.82, 2.24) is 5.43 Å². The molecule has 0 spiro atoms. The third kappa shape index (κ3) is 5.55. The lowest BCUT2D eigenvalue weighted by atomic mass is 10.2. The molecule has 0 aliphatic rings. The van der Waals surface area contributed by atoms with E-state index in [0.29, 0.717) is 0 Å². The van der Waals surface area contributed by atoms with Gasteiger partial charge in [0.15, 0.2) is 6.61 Å². The molecular weight excluding hydrogens is 314 g/mol. The van der Waals surface area contributed by atoms with Crippen LogP contribution in [0.3, 0.4) is 0 Å². The van der Waals surface area contributed by atoms with Crippen molar-refractivity contribution in [3.63, 3.8) is 0 Å². The van der Waals surface area contributed by atoms with E-state index in [-0.39, 0.29) is 12.5 Å². The number of ether oxygens (including phenoxy) is 1. The molecule has 1 N–H and O–H groups in total. The largest absolute Gasteiger partial charge is 0.497 e. The number of rotatable bonds is 7. The Kier molecular flexibility index (Phi) is 6.31. The zero-order valence-electron chi connectivity index (χ0n) is 12.9. The van der Waals surface area contributed by atoms with Crippen LogP contribution in [0, 0.1) is 0 Å². The fourth-order valence-electron chi connectivity index (χ4n) is 1.62. The molecule has 120 valence electrons. The Hall–Kier alpha value is -2.67. The molecule has 0 fully saturated rings. The Bertz CT molecular complexity index is 679. The first-order chi connectivity index (χ1) is 11.2. The number of carbonyl (C=O) groups excluding carboxylic acids is 1. The van der Waals surface area contributed by atoms with Gasteiger partial charge in [-0.2, -0.15) is 5.10 Å². The molecule has 0 aliphatic heterocycles. The van der Waals surface area contributed by atoms with Gasteiger partial charge in [0.25, 0.3) is 5.91 Å². The number of thiophene rings is 1. The molecule has 7 heteroatoms. The van der Waals surface area contributed by atoms with Gasteiger partial charge in [0.2, 0.25) is 0 Å². The summed E-state index contributed by atoms with van der Waals surface area (Å²) in [6.45, 7) is 1.63. The average Bonchev–Trinajstić information content (AvgIpc) is 3.10. The average molecular weight is 331 g/mol. The molecule has 23 heavy (non-hydrogen) atoms. The van der Waals surface area contributed by atoms with Crippen LogP contribution < -0.4 is 10.2 Å². The van der Waals surface area contributed by atoms with Gasteiger partial charge in [0, 0.05) is 0 Å². The molecule has 0 radical (unpaired) electrons. The molecule has 0 saturated heterocycles. The summed E-state index contributed by atoms with van der Waals surface area (Å²) >= 11 is 1.56. The zero-order valence-corrected chi connectivity index (χ0v) is 13.7. The van der Waals surface area contributed by atoms with E-state index >= 15 is 0 Å². The number of methoxy groups -OCH3 is 1. The number of carbonyl (C=O) groups is 1. The minimum Gasteiger partial charge on any atom is -0.497 e. The number of nitrogens with zero attached hydrogens (tertiary/aromatic N) is 2. The van der Waals surface area contributed by atoms with Crippen molar-refractivity contribution < 1.29 is 14.4 Å². The molecule has 2 aromatic rings. The Morgan fingerprint density at radius 2 is 2.09 bits per heavy atom. The fraction of sp³-hybridized carbons (Fsp3) is 0.188. The minimum absolute atomic E-state index is 0.192. The van der Waals surface area contributed by atoms with Gasteiger partial charge in [-0.1, -0.05) is 11.2 Å². The van der Waals surface area contributed by atoms with Gasteiger partial charge in [-0.15, -0.1) is 11.3 Å². The Labute approximate surface area is 138 Å². The van der Waals surface area contributed by atoms with Crippen molar-refractivity contribution in [2.45, 2.75) is 6.92 Å². The number of hydrazone groups is 1. The van der Waals surface area contributed by atoms with Crippen LogP contribution in [0.4, 0.5) is 0 Å².